The van der Waals surface area contributed by atoms with E-state index in [1.165, 1.54) is 28.7 Å². The molecule has 1 amide bonds. The highest BCUT2D eigenvalue weighted by Gasteiger charge is 2.29. The summed E-state index contributed by atoms with van der Waals surface area (Å²) in [5, 5.41) is 0. The van der Waals surface area contributed by atoms with Crippen LogP contribution >= 0.6 is 0 Å². The van der Waals surface area contributed by atoms with Crippen LogP contribution < -0.4 is 0 Å². The molecule has 4 rings (SSSR count). The minimum atomic E-state index is 0.272. The molecule has 0 bridgehead atoms. The predicted molar refractivity (Wildman–Crippen MR) is 100 cm³/mol. The third-order valence-electron chi connectivity index (χ3n) is 5.65. The van der Waals surface area contributed by atoms with E-state index in [2.05, 4.69) is 60.4 Å². The van der Waals surface area contributed by atoms with Crippen molar-refractivity contribution in [3.05, 3.63) is 70.8 Å². The summed E-state index contributed by atoms with van der Waals surface area (Å²) in [6, 6.07) is 17.7. The molecule has 0 aromatic heterocycles. The number of hydrogen-bond acceptors (Lipinski definition) is 2. The third kappa shape index (κ3) is 3.47. The standard InChI is InChI=1S/C22H26N2O/c1-17-8-10-19(11-9-17)21-7-4-13-23(21)16-22(25)24-14-12-18-5-2-3-6-20(18)15-24/h2-3,5-6,8-11,21H,4,7,12-16H2,1H3/t21-/m1/s1. The van der Waals surface area contributed by atoms with Crippen LogP contribution in [0.3, 0.4) is 0 Å². The van der Waals surface area contributed by atoms with Gasteiger partial charge >= 0.3 is 0 Å². The lowest BCUT2D eigenvalue weighted by Crippen LogP contribution is -2.42. The number of fused-ring (bicyclic) bond motifs is 1. The maximum absolute atomic E-state index is 12.9. The van der Waals surface area contributed by atoms with Crippen LogP contribution in [0.5, 0.6) is 0 Å². The molecule has 3 nitrogen and oxygen atoms in total. The van der Waals surface area contributed by atoms with Crippen LogP contribution in [-0.2, 0) is 17.8 Å². The second-order valence-corrected chi connectivity index (χ2v) is 7.37. The minimum absolute atomic E-state index is 0.272. The molecule has 2 aromatic rings. The summed E-state index contributed by atoms with van der Waals surface area (Å²) >= 11 is 0. The molecule has 3 heteroatoms. The van der Waals surface area contributed by atoms with Gasteiger partial charge in [-0.15, -0.1) is 0 Å². The lowest BCUT2D eigenvalue weighted by molar-refractivity contribution is -0.133. The van der Waals surface area contributed by atoms with Gasteiger partial charge in [-0.3, -0.25) is 9.69 Å². The molecule has 0 N–H and O–H groups in total. The van der Waals surface area contributed by atoms with E-state index in [4.69, 9.17) is 0 Å². The number of aryl methyl sites for hydroxylation is 1. The molecule has 0 unspecified atom stereocenters. The molecular formula is C22H26N2O. The van der Waals surface area contributed by atoms with Crippen molar-refractivity contribution in [3.63, 3.8) is 0 Å². The zero-order valence-electron chi connectivity index (χ0n) is 14.9. The van der Waals surface area contributed by atoms with E-state index in [1.807, 2.05) is 4.90 Å². The first-order valence-electron chi connectivity index (χ1n) is 9.36. The number of nitrogens with zero attached hydrogens (tertiary/aromatic N) is 2. The Balaban J connectivity index is 1.43. The smallest absolute Gasteiger partial charge is 0.237 e. The van der Waals surface area contributed by atoms with E-state index >= 15 is 0 Å². The average Bonchev–Trinajstić information content (AvgIpc) is 3.10. The first-order valence-corrected chi connectivity index (χ1v) is 9.36. The fourth-order valence-electron chi connectivity index (χ4n) is 4.16. The van der Waals surface area contributed by atoms with Gasteiger partial charge in [-0.2, -0.15) is 0 Å². The predicted octanol–water partition coefficient (Wildman–Crippen LogP) is 3.72. The van der Waals surface area contributed by atoms with E-state index in [-0.39, 0.29) is 5.91 Å². The van der Waals surface area contributed by atoms with Crippen molar-refractivity contribution < 1.29 is 4.79 Å². The van der Waals surface area contributed by atoms with Gasteiger partial charge in [0.05, 0.1) is 6.54 Å². The second kappa shape index (κ2) is 7.01. The van der Waals surface area contributed by atoms with Crippen LogP contribution in [0.2, 0.25) is 0 Å². The van der Waals surface area contributed by atoms with Gasteiger partial charge in [0.15, 0.2) is 0 Å². The Morgan fingerprint density at radius 3 is 2.60 bits per heavy atom. The van der Waals surface area contributed by atoms with Crippen molar-refractivity contribution in [1.82, 2.24) is 9.80 Å². The Hall–Kier alpha value is -2.13. The second-order valence-electron chi connectivity index (χ2n) is 7.37. The molecule has 2 aliphatic rings. The van der Waals surface area contributed by atoms with E-state index in [1.54, 1.807) is 0 Å². The van der Waals surface area contributed by atoms with Crippen molar-refractivity contribution >= 4 is 5.91 Å². The summed E-state index contributed by atoms with van der Waals surface area (Å²) in [7, 11) is 0. The van der Waals surface area contributed by atoms with Gasteiger partial charge in [-0.1, -0.05) is 54.1 Å². The van der Waals surface area contributed by atoms with Gasteiger partial charge in [0, 0.05) is 19.1 Å². The number of carbonyl (C=O) groups is 1. The van der Waals surface area contributed by atoms with Gasteiger partial charge in [-0.05, 0) is 49.4 Å². The van der Waals surface area contributed by atoms with Crippen LogP contribution in [0.4, 0.5) is 0 Å². The topological polar surface area (TPSA) is 23.6 Å². The molecule has 25 heavy (non-hydrogen) atoms. The quantitative estimate of drug-likeness (QED) is 0.854. The molecule has 2 aliphatic heterocycles. The van der Waals surface area contributed by atoms with E-state index in [9.17, 15) is 4.79 Å². The molecule has 2 aromatic carbocycles. The summed E-state index contributed by atoms with van der Waals surface area (Å²) < 4.78 is 0. The third-order valence-corrected chi connectivity index (χ3v) is 5.65. The van der Waals surface area contributed by atoms with Crippen molar-refractivity contribution in [3.8, 4) is 0 Å². The van der Waals surface area contributed by atoms with Gasteiger partial charge in [0.2, 0.25) is 5.91 Å². The van der Waals surface area contributed by atoms with E-state index < -0.39 is 0 Å². The molecule has 0 radical (unpaired) electrons. The number of carbonyl (C=O) groups excluding carboxylic acids is 1. The Labute approximate surface area is 150 Å². The number of amides is 1. The molecule has 0 spiro atoms. The van der Waals surface area contributed by atoms with Crippen LogP contribution in [0.1, 0.15) is 41.1 Å². The zero-order chi connectivity index (χ0) is 17.2. The van der Waals surface area contributed by atoms with E-state index in [0.29, 0.717) is 12.6 Å². The molecule has 1 fully saturated rings. The number of likely N-dealkylation sites (tertiary alicyclic amines) is 1. The lowest BCUT2D eigenvalue weighted by atomic mass is 10.00. The van der Waals surface area contributed by atoms with Crippen molar-refractivity contribution in [2.24, 2.45) is 0 Å². The highest BCUT2D eigenvalue weighted by Crippen LogP contribution is 2.32. The first kappa shape index (κ1) is 16.3. The number of hydrogen-bond donors (Lipinski definition) is 0. The summed E-state index contributed by atoms with van der Waals surface area (Å²) in [5.74, 6) is 0.272. The average molecular weight is 334 g/mol. The molecule has 0 aliphatic carbocycles. The minimum Gasteiger partial charge on any atom is -0.337 e. The van der Waals surface area contributed by atoms with Gasteiger partial charge in [-0.25, -0.2) is 0 Å². The highest BCUT2D eigenvalue weighted by molar-refractivity contribution is 5.78. The molecular weight excluding hydrogens is 308 g/mol. The Bertz CT molecular complexity index is 753. The van der Waals surface area contributed by atoms with Crippen molar-refractivity contribution in [1.29, 1.82) is 0 Å². The number of benzene rings is 2. The van der Waals surface area contributed by atoms with Crippen LogP contribution in [0.15, 0.2) is 48.5 Å². The van der Waals surface area contributed by atoms with Crippen molar-refractivity contribution in [2.45, 2.75) is 38.8 Å². The van der Waals surface area contributed by atoms with Gasteiger partial charge in [0.1, 0.15) is 0 Å². The Kier molecular flexibility index (Phi) is 4.58. The molecule has 1 atom stereocenters. The van der Waals surface area contributed by atoms with Gasteiger partial charge in [0.25, 0.3) is 0 Å². The summed E-state index contributed by atoms with van der Waals surface area (Å²) in [4.78, 5) is 17.3. The summed E-state index contributed by atoms with van der Waals surface area (Å²) in [5.41, 5.74) is 5.33. The highest BCUT2D eigenvalue weighted by atomic mass is 16.2. The largest absolute Gasteiger partial charge is 0.337 e. The van der Waals surface area contributed by atoms with E-state index in [0.717, 1.165) is 32.5 Å². The van der Waals surface area contributed by atoms with Crippen molar-refractivity contribution in [2.75, 3.05) is 19.6 Å². The fourth-order valence-corrected chi connectivity index (χ4v) is 4.16. The monoisotopic (exact) mass is 334 g/mol. The first-order chi connectivity index (χ1) is 12.2. The SMILES string of the molecule is Cc1ccc([C@H]2CCCN2CC(=O)N2CCc3ccccc3C2)cc1. The van der Waals surface area contributed by atoms with Gasteiger partial charge < -0.3 is 4.90 Å². The molecule has 1 saturated heterocycles. The maximum atomic E-state index is 12.9. The molecule has 130 valence electrons. The number of rotatable bonds is 3. The molecule has 0 saturated carbocycles. The summed E-state index contributed by atoms with van der Waals surface area (Å²) in [6.45, 7) is 5.29. The lowest BCUT2D eigenvalue weighted by Gasteiger charge is -2.32. The van der Waals surface area contributed by atoms with Crippen LogP contribution in [-0.4, -0.2) is 35.3 Å². The van der Waals surface area contributed by atoms with Crippen LogP contribution in [0, 0.1) is 6.92 Å². The maximum Gasteiger partial charge on any atom is 0.237 e. The van der Waals surface area contributed by atoms with Crippen LogP contribution in [0.25, 0.3) is 0 Å². The normalized spacial score (nSPS) is 20.5. The molecule has 2 heterocycles. The summed E-state index contributed by atoms with van der Waals surface area (Å²) in [6.07, 6.45) is 3.30. The zero-order valence-corrected chi connectivity index (χ0v) is 14.9. The fraction of sp³-hybridized carbons (Fsp3) is 0.409. The Morgan fingerprint density at radius 1 is 1.04 bits per heavy atom. The Morgan fingerprint density at radius 2 is 1.80 bits per heavy atom.